The fourth-order valence-electron chi connectivity index (χ4n) is 3.75. The van der Waals surface area contributed by atoms with Crippen LogP contribution in [0.2, 0.25) is 0 Å². The van der Waals surface area contributed by atoms with Crippen molar-refractivity contribution in [1.82, 2.24) is 4.90 Å². The second-order valence-electron chi connectivity index (χ2n) is 6.32. The highest BCUT2D eigenvalue weighted by molar-refractivity contribution is 7.98. The predicted molar refractivity (Wildman–Crippen MR) is 87.9 cm³/mol. The second-order valence-corrected chi connectivity index (χ2v) is 7.42. The van der Waals surface area contributed by atoms with Crippen LogP contribution in [-0.4, -0.2) is 36.3 Å². The lowest BCUT2D eigenvalue weighted by Gasteiger charge is -2.29. The lowest BCUT2D eigenvalue weighted by Crippen LogP contribution is -2.38. The van der Waals surface area contributed by atoms with Crippen molar-refractivity contribution in [3.63, 3.8) is 0 Å². The molecule has 20 heavy (non-hydrogen) atoms. The summed E-state index contributed by atoms with van der Waals surface area (Å²) in [6.45, 7) is 3.78. The normalized spacial score (nSPS) is 30.4. The summed E-state index contributed by atoms with van der Waals surface area (Å²) in [5.74, 6) is 4.05. The molecular formula is C17H26N2S. The molecule has 1 aromatic rings. The van der Waals surface area contributed by atoms with Crippen LogP contribution < -0.4 is 5.73 Å². The molecule has 1 aliphatic carbocycles. The van der Waals surface area contributed by atoms with E-state index >= 15 is 0 Å². The maximum atomic E-state index is 6.28. The van der Waals surface area contributed by atoms with Crippen LogP contribution in [0.4, 0.5) is 0 Å². The van der Waals surface area contributed by atoms with Gasteiger partial charge >= 0.3 is 0 Å². The minimum Gasteiger partial charge on any atom is -0.327 e. The summed E-state index contributed by atoms with van der Waals surface area (Å²) in [6.07, 6.45) is 4.00. The van der Waals surface area contributed by atoms with E-state index in [1.165, 1.54) is 50.2 Å². The highest BCUT2D eigenvalue weighted by Crippen LogP contribution is 2.35. The molecule has 1 aromatic carbocycles. The van der Waals surface area contributed by atoms with Gasteiger partial charge in [0.15, 0.2) is 0 Å². The fraction of sp³-hybridized carbons (Fsp3) is 0.647. The van der Waals surface area contributed by atoms with Crippen LogP contribution in [0.5, 0.6) is 0 Å². The number of thioether (sulfide) groups is 1. The van der Waals surface area contributed by atoms with Crippen molar-refractivity contribution in [2.24, 2.45) is 17.6 Å². The van der Waals surface area contributed by atoms with E-state index in [0.29, 0.717) is 6.04 Å². The van der Waals surface area contributed by atoms with Crippen molar-refractivity contribution >= 4 is 11.8 Å². The van der Waals surface area contributed by atoms with E-state index in [1.54, 1.807) is 0 Å². The van der Waals surface area contributed by atoms with Crippen LogP contribution in [0.1, 0.15) is 24.8 Å². The van der Waals surface area contributed by atoms with Gasteiger partial charge < -0.3 is 10.6 Å². The number of hydrogen-bond donors (Lipinski definition) is 1. The molecule has 1 saturated carbocycles. The molecule has 2 nitrogen and oxygen atoms in total. The molecule has 0 radical (unpaired) electrons. The number of rotatable bonds is 5. The van der Waals surface area contributed by atoms with Gasteiger partial charge in [0.05, 0.1) is 0 Å². The lowest BCUT2D eigenvalue weighted by molar-refractivity contribution is 0.259. The SMILES string of the molecule is NC1CCCC2CN(CCSCc3ccccc3)CC12. The molecule has 3 heteroatoms. The number of likely N-dealkylation sites (tertiary alicyclic amines) is 1. The van der Waals surface area contributed by atoms with Crippen LogP contribution >= 0.6 is 11.8 Å². The molecule has 1 heterocycles. The molecule has 2 N–H and O–H groups in total. The molecule has 1 aliphatic heterocycles. The van der Waals surface area contributed by atoms with Gasteiger partial charge in [-0.2, -0.15) is 11.8 Å². The molecule has 3 unspecified atom stereocenters. The minimum absolute atomic E-state index is 0.468. The largest absolute Gasteiger partial charge is 0.327 e. The van der Waals surface area contributed by atoms with Crippen LogP contribution in [-0.2, 0) is 5.75 Å². The van der Waals surface area contributed by atoms with Gasteiger partial charge in [0, 0.05) is 37.2 Å². The predicted octanol–water partition coefficient (Wildman–Crippen LogP) is 2.98. The van der Waals surface area contributed by atoms with Crippen molar-refractivity contribution in [1.29, 1.82) is 0 Å². The van der Waals surface area contributed by atoms with Crippen molar-refractivity contribution in [3.05, 3.63) is 35.9 Å². The molecule has 0 bridgehead atoms. The molecule has 0 spiro atoms. The van der Waals surface area contributed by atoms with Crippen LogP contribution in [0.3, 0.4) is 0 Å². The summed E-state index contributed by atoms with van der Waals surface area (Å²) in [7, 11) is 0. The number of nitrogens with two attached hydrogens (primary N) is 1. The summed E-state index contributed by atoms with van der Waals surface area (Å²) in [4.78, 5) is 2.65. The topological polar surface area (TPSA) is 29.3 Å². The maximum absolute atomic E-state index is 6.28. The third-order valence-corrected chi connectivity index (χ3v) is 5.90. The summed E-state index contributed by atoms with van der Waals surface area (Å²) < 4.78 is 0. The van der Waals surface area contributed by atoms with Crippen molar-refractivity contribution < 1.29 is 0 Å². The molecular weight excluding hydrogens is 264 g/mol. The standard InChI is InChI=1S/C17H26N2S/c18-17-8-4-7-15-11-19(12-16(15)17)9-10-20-13-14-5-2-1-3-6-14/h1-3,5-6,15-17H,4,7-13,18H2. The van der Waals surface area contributed by atoms with E-state index in [2.05, 4.69) is 47.0 Å². The van der Waals surface area contributed by atoms with Gasteiger partial charge in [0.1, 0.15) is 0 Å². The summed E-state index contributed by atoms with van der Waals surface area (Å²) in [5, 5.41) is 0. The molecule has 1 saturated heterocycles. The Balaban J connectivity index is 1.37. The van der Waals surface area contributed by atoms with E-state index in [9.17, 15) is 0 Å². The van der Waals surface area contributed by atoms with E-state index < -0.39 is 0 Å². The average molecular weight is 290 g/mol. The number of fused-ring (bicyclic) bond motifs is 1. The number of benzene rings is 1. The monoisotopic (exact) mass is 290 g/mol. The van der Waals surface area contributed by atoms with Gasteiger partial charge in [-0.3, -0.25) is 0 Å². The smallest absolute Gasteiger partial charge is 0.0185 e. The lowest BCUT2D eigenvalue weighted by atomic mass is 9.78. The maximum Gasteiger partial charge on any atom is 0.0185 e. The average Bonchev–Trinajstić information content (AvgIpc) is 2.89. The summed E-state index contributed by atoms with van der Waals surface area (Å²) in [6, 6.07) is 11.2. The Labute approximate surface area is 127 Å². The molecule has 110 valence electrons. The Bertz CT molecular complexity index is 409. The fourth-order valence-corrected chi connectivity index (χ4v) is 4.71. The summed E-state index contributed by atoms with van der Waals surface area (Å²) in [5.41, 5.74) is 7.72. The Kier molecular flexibility index (Phi) is 5.03. The number of nitrogens with zero attached hydrogens (tertiary/aromatic N) is 1. The van der Waals surface area contributed by atoms with Crippen molar-refractivity contribution in [3.8, 4) is 0 Å². The Hall–Kier alpha value is -0.510. The Morgan fingerprint density at radius 1 is 1.15 bits per heavy atom. The van der Waals surface area contributed by atoms with Crippen LogP contribution in [0, 0.1) is 11.8 Å². The molecule has 0 amide bonds. The summed E-state index contributed by atoms with van der Waals surface area (Å²) >= 11 is 2.05. The highest BCUT2D eigenvalue weighted by atomic mass is 32.2. The first-order chi connectivity index (χ1) is 9.83. The van der Waals surface area contributed by atoms with E-state index in [0.717, 1.165) is 17.6 Å². The Morgan fingerprint density at radius 3 is 2.80 bits per heavy atom. The molecule has 2 aliphatic rings. The van der Waals surface area contributed by atoms with Crippen LogP contribution in [0.15, 0.2) is 30.3 Å². The van der Waals surface area contributed by atoms with Gasteiger partial charge in [-0.05, 0) is 30.2 Å². The minimum atomic E-state index is 0.468. The zero-order chi connectivity index (χ0) is 13.8. The van der Waals surface area contributed by atoms with E-state index in [4.69, 9.17) is 5.73 Å². The Morgan fingerprint density at radius 2 is 2.00 bits per heavy atom. The van der Waals surface area contributed by atoms with Gasteiger partial charge in [-0.15, -0.1) is 0 Å². The molecule has 0 aromatic heterocycles. The first-order valence-corrected chi connectivity index (χ1v) is 9.08. The zero-order valence-electron chi connectivity index (χ0n) is 12.2. The third kappa shape index (κ3) is 3.57. The van der Waals surface area contributed by atoms with E-state index in [1.807, 2.05) is 0 Å². The number of hydrogen-bond acceptors (Lipinski definition) is 3. The quantitative estimate of drug-likeness (QED) is 0.845. The second kappa shape index (κ2) is 6.97. The van der Waals surface area contributed by atoms with Gasteiger partial charge in [0.25, 0.3) is 0 Å². The van der Waals surface area contributed by atoms with Crippen molar-refractivity contribution in [2.75, 3.05) is 25.4 Å². The highest BCUT2D eigenvalue weighted by Gasteiger charge is 2.38. The van der Waals surface area contributed by atoms with Crippen LogP contribution in [0.25, 0.3) is 0 Å². The third-order valence-electron chi connectivity index (χ3n) is 4.89. The first kappa shape index (κ1) is 14.4. The molecule has 3 rings (SSSR count). The van der Waals surface area contributed by atoms with Crippen molar-refractivity contribution in [2.45, 2.75) is 31.1 Å². The van der Waals surface area contributed by atoms with Gasteiger partial charge in [0.2, 0.25) is 0 Å². The van der Waals surface area contributed by atoms with Gasteiger partial charge in [-0.1, -0.05) is 36.8 Å². The molecule has 3 atom stereocenters. The van der Waals surface area contributed by atoms with Gasteiger partial charge in [-0.25, -0.2) is 0 Å². The zero-order valence-corrected chi connectivity index (χ0v) is 13.0. The van der Waals surface area contributed by atoms with E-state index in [-0.39, 0.29) is 0 Å². The first-order valence-electron chi connectivity index (χ1n) is 7.92. The molecule has 2 fully saturated rings.